The molecule has 0 fully saturated rings. The second-order valence-electron chi connectivity index (χ2n) is 4.25. The minimum Gasteiger partial charge on any atom is -0.238 e. The summed E-state index contributed by atoms with van der Waals surface area (Å²) in [6.45, 7) is 5.92. The first kappa shape index (κ1) is 17.9. The number of halogens is 2. The maximum absolute atomic E-state index is 11.2. The summed E-state index contributed by atoms with van der Waals surface area (Å²) in [4.78, 5) is 0.101. The van der Waals surface area contributed by atoms with Gasteiger partial charge in [-0.2, -0.15) is 5.10 Å². The zero-order valence-corrected chi connectivity index (χ0v) is 16.4. The molecule has 1 aromatic heterocycles. The molecule has 5 nitrogen and oxygen atoms in total. The number of rotatable bonds is 2. The van der Waals surface area contributed by atoms with Crippen LogP contribution in [0, 0.1) is 20.8 Å². The molecule has 0 unspecified atom stereocenters. The van der Waals surface area contributed by atoms with Crippen molar-refractivity contribution < 1.29 is 8.42 Å². The third-order valence-corrected chi connectivity index (χ3v) is 3.99. The van der Waals surface area contributed by atoms with Crippen molar-refractivity contribution in [2.75, 3.05) is 0 Å². The van der Waals surface area contributed by atoms with Gasteiger partial charge >= 0.3 is 0 Å². The quantitative estimate of drug-likeness (QED) is 0.620. The minimum absolute atomic E-state index is 0.101. The Kier molecular flexibility index (Phi) is 6.41. The summed E-state index contributed by atoms with van der Waals surface area (Å²) in [7, 11) is -3.64. The number of primary sulfonamides is 1. The smallest absolute Gasteiger partial charge is 0.238 e. The van der Waals surface area contributed by atoms with Crippen LogP contribution in [0.1, 0.15) is 17.0 Å². The highest BCUT2D eigenvalue weighted by atomic mass is 128. The van der Waals surface area contributed by atoms with Crippen molar-refractivity contribution in [3.63, 3.8) is 0 Å². The van der Waals surface area contributed by atoms with Gasteiger partial charge in [0.25, 0.3) is 0 Å². The average Bonchev–Trinajstić information content (AvgIpc) is 2.68. The van der Waals surface area contributed by atoms with E-state index in [4.69, 9.17) is 5.14 Å². The van der Waals surface area contributed by atoms with E-state index in [0.29, 0.717) is 0 Å². The van der Waals surface area contributed by atoms with E-state index in [0.717, 1.165) is 22.6 Å². The Hall–Kier alpha value is -0.200. The standard InChI is InChI=1S/C12H15N3O2S.I2/c1-8-9(2)14-15(10(8)3)11-4-6-12(7-5-11)18(13,16)17;1-2/h4-7H,1-3H3,(H2,13,16,17);. The normalized spacial score (nSPS) is 10.9. The monoisotopic (exact) mass is 519 g/mol. The highest BCUT2D eigenvalue weighted by molar-refractivity contribution is 15.0. The molecule has 1 aromatic carbocycles. The number of hydrogen-bond donors (Lipinski definition) is 1. The van der Waals surface area contributed by atoms with Crippen molar-refractivity contribution in [3.05, 3.63) is 41.2 Å². The molecule has 2 aromatic rings. The summed E-state index contributed by atoms with van der Waals surface area (Å²) < 4.78 is 24.1. The van der Waals surface area contributed by atoms with Gasteiger partial charge in [-0.25, -0.2) is 18.2 Å². The molecule has 0 saturated carbocycles. The van der Waals surface area contributed by atoms with Crippen LogP contribution in [0.5, 0.6) is 0 Å². The molecular formula is C12H15I2N3O2S. The van der Waals surface area contributed by atoms with Crippen molar-refractivity contribution in [2.45, 2.75) is 25.7 Å². The topological polar surface area (TPSA) is 78.0 Å². The summed E-state index contributed by atoms with van der Waals surface area (Å²) in [5.74, 6) is 0. The van der Waals surface area contributed by atoms with Gasteiger partial charge in [0.2, 0.25) is 10.0 Å². The first-order valence-corrected chi connectivity index (χ1v) is 13.4. The molecule has 0 aliphatic carbocycles. The van der Waals surface area contributed by atoms with E-state index in [9.17, 15) is 8.42 Å². The zero-order chi connectivity index (χ0) is 15.5. The van der Waals surface area contributed by atoms with E-state index >= 15 is 0 Å². The van der Waals surface area contributed by atoms with Gasteiger partial charge in [-0.3, -0.25) is 0 Å². The maximum Gasteiger partial charge on any atom is 0.238 e. The number of hydrogen-bond acceptors (Lipinski definition) is 3. The lowest BCUT2D eigenvalue weighted by Gasteiger charge is -2.05. The van der Waals surface area contributed by atoms with Crippen molar-refractivity contribution in [1.29, 1.82) is 0 Å². The Morgan fingerprint density at radius 3 is 1.95 bits per heavy atom. The van der Waals surface area contributed by atoms with Crippen molar-refractivity contribution >= 4 is 47.3 Å². The van der Waals surface area contributed by atoms with E-state index in [1.807, 2.05) is 20.8 Å². The fourth-order valence-corrected chi connectivity index (χ4v) is 2.26. The number of aryl methyl sites for hydroxylation is 1. The molecule has 0 radical (unpaired) electrons. The highest BCUT2D eigenvalue weighted by Crippen LogP contribution is 2.18. The lowest BCUT2D eigenvalue weighted by Crippen LogP contribution is -2.12. The van der Waals surface area contributed by atoms with E-state index < -0.39 is 10.0 Å². The Morgan fingerprint density at radius 1 is 1.10 bits per heavy atom. The minimum atomic E-state index is -3.64. The highest BCUT2D eigenvalue weighted by Gasteiger charge is 2.11. The molecule has 2 rings (SSSR count). The third kappa shape index (κ3) is 3.92. The van der Waals surface area contributed by atoms with Crippen LogP contribution < -0.4 is 5.14 Å². The van der Waals surface area contributed by atoms with Crippen molar-refractivity contribution in [2.24, 2.45) is 5.14 Å². The van der Waals surface area contributed by atoms with Crippen LogP contribution in [0.25, 0.3) is 5.69 Å². The van der Waals surface area contributed by atoms with Gasteiger partial charge in [0.15, 0.2) is 0 Å². The first-order valence-electron chi connectivity index (χ1n) is 5.61. The van der Waals surface area contributed by atoms with E-state index in [1.54, 1.807) is 16.8 Å². The van der Waals surface area contributed by atoms with Crippen molar-refractivity contribution in [1.82, 2.24) is 9.78 Å². The molecular weight excluding hydrogens is 504 g/mol. The van der Waals surface area contributed by atoms with E-state index in [1.165, 1.54) is 12.1 Å². The van der Waals surface area contributed by atoms with Crippen LogP contribution in [0.15, 0.2) is 29.2 Å². The molecule has 2 N–H and O–H groups in total. The largest absolute Gasteiger partial charge is 0.238 e. The van der Waals surface area contributed by atoms with Crippen LogP contribution in [0.3, 0.4) is 0 Å². The van der Waals surface area contributed by atoms with Gasteiger partial charge in [0.1, 0.15) is 0 Å². The van der Waals surface area contributed by atoms with Gasteiger partial charge in [-0.1, -0.05) is 0 Å². The number of nitrogens with zero attached hydrogens (tertiary/aromatic N) is 2. The molecule has 0 aliphatic heterocycles. The Bertz CT molecular complexity index is 694. The summed E-state index contributed by atoms with van der Waals surface area (Å²) in [5.41, 5.74) is 3.94. The Morgan fingerprint density at radius 2 is 1.60 bits per heavy atom. The average molecular weight is 519 g/mol. The predicted molar refractivity (Wildman–Crippen MR) is 97.2 cm³/mol. The summed E-state index contributed by atoms with van der Waals surface area (Å²) in [5, 5.41) is 9.46. The Labute approximate surface area is 142 Å². The molecule has 0 saturated heterocycles. The number of sulfonamides is 1. The molecule has 0 aliphatic rings. The molecule has 8 heteroatoms. The molecule has 20 heavy (non-hydrogen) atoms. The second kappa shape index (κ2) is 7.18. The predicted octanol–water partition coefficient (Wildman–Crippen LogP) is 3.22. The maximum atomic E-state index is 11.2. The van der Waals surface area contributed by atoms with Gasteiger partial charge in [-0.15, -0.1) is 0 Å². The van der Waals surface area contributed by atoms with Crippen molar-refractivity contribution in [3.8, 4) is 5.69 Å². The molecule has 110 valence electrons. The van der Waals surface area contributed by atoms with Gasteiger partial charge in [0, 0.05) is 42.9 Å². The third-order valence-electron chi connectivity index (χ3n) is 3.06. The molecule has 1 heterocycles. The second-order valence-corrected chi connectivity index (χ2v) is 5.81. The molecule has 0 amide bonds. The van der Waals surface area contributed by atoms with Crippen LogP contribution >= 0.6 is 37.2 Å². The van der Waals surface area contributed by atoms with E-state index in [-0.39, 0.29) is 4.90 Å². The summed E-state index contributed by atoms with van der Waals surface area (Å²) in [6, 6.07) is 6.35. The van der Waals surface area contributed by atoms with Crippen LogP contribution in [-0.4, -0.2) is 18.2 Å². The SMILES string of the molecule is Cc1nn(-c2ccc(S(N)(=O)=O)cc2)c(C)c1C.II. The van der Waals surface area contributed by atoms with Gasteiger partial charge in [0.05, 0.1) is 16.3 Å². The summed E-state index contributed by atoms with van der Waals surface area (Å²) in [6.07, 6.45) is 0. The number of aromatic nitrogens is 2. The number of nitrogens with two attached hydrogens (primary N) is 1. The molecule has 0 atom stereocenters. The molecule has 0 bridgehead atoms. The van der Waals surface area contributed by atoms with Gasteiger partial charge < -0.3 is 0 Å². The fourth-order valence-electron chi connectivity index (χ4n) is 1.75. The van der Waals surface area contributed by atoms with Crippen LogP contribution in [0.2, 0.25) is 0 Å². The lowest BCUT2D eigenvalue weighted by atomic mass is 10.2. The molecule has 0 spiro atoms. The zero-order valence-electron chi connectivity index (χ0n) is 11.3. The van der Waals surface area contributed by atoms with E-state index in [2.05, 4.69) is 42.3 Å². The Balaban J connectivity index is 0.000000956. The number of benzene rings is 1. The summed E-state index contributed by atoms with van der Waals surface area (Å²) >= 11 is 4.24. The van der Waals surface area contributed by atoms with Crippen LogP contribution in [0.4, 0.5) is 0 Å². The fraction of sp³-hybridized carbons (Fsp3) is 0.250. The van der Waals surface area contributed by atoms with Gasteiger partial charge in [-0.05, 0) is 50.6 Å². The lowest BCUT2D eigenvalue weighted by molar-refractivity contribution is 0.598. The first-order chi connectivity index (χ1) is 9.30. The van der Waals surface area contributed by atoms with Crippen LogP contribution in [-0.2, 0) is 10.0 Å².